The van der Waals surface area contributed by atoms with Crippen LogP contribution in [0.5, 0.6) is 0 Å². The molecule has 2 atom stereocenters. The van der Waals surface area contributed by atoms with Crippen LogP contribution in [0, 0.1) is 23.5 Å². The summed E-state index contributed by atoms with van der Waals surface area (Å²) in [6, 6.07) is 28.0. The predicted molar refractivity (Wildman–Crippen MR) is 339 cm³/mol. The molecule has 0 N–H and O–H groups in total. The summed E-state index contributed by atoms with van der Waals surface area (Å²) in [7, 11) is -2.54. The van der Waals surface area contributed by atoms with Crippen molar-refractivity contribution in [2.24, 2.45) is 11.8 Å². The molecule has 0 aliphatic carbocycles. The van der Waals surface area contributed by atoms with Crippen molar-refractivity contribution in [3.8, 4) is 71.0 Å². The van der Waals surface area contributed by atoms with Gasteiger partial charge >= 0.3 is 0 Å². The molecule has 15 heteroatoms. The molecule has 2 unspecified atom stereocenters. The van der Waals surface area contributed by atoms with Crippen LogP contribution in [0.15, 0.2) is 84.9 Å². The average Bonchev–Trinajstić information content (AvgIpc) is 4.32. The van der Waals surface area contributed by atoms with Gasteiger partial charge in [-0.15, -0.1) is 68.0 Å². The van der Waals surface area contributed by atoms with Crippen LogP contribution in [0.1, 0.15) is 127 Å². The lowest BCUT2D eigenvalue weighted by Gasteiger charge is -2.43. The van der Waals surface area contributed by atoms with Crippen molar-refractivity contribution in [2.75, 3.05) is 0 Å². The fourth-order valence-corrected chi connectivity index (χ4v) is 27.9. The van der Waals surface area contributed by atoms with Gasteiger partial charge in [0, 0.05) is 69.7 Å². The number of benzene rings is 2. The highest BCUT2D eigenvalue weighted by atomic mass is 32.1. The van der Waals surface area contributed by atoms with E-state index in [2.05, 4.69) is 88.4 Å². The summed E-state index contributed by atoms with van der Waals surface area (Å²) in [5.41, 5.74) is 6.87. The Kier molecular flexibility index (Phi) is 16.2. The SMILES string of the molecule is C=C1C(CCCC)C[Si]2(CC1CCCC)c1cc(-c3c(F)cc(-c4ccc(-c5ccc(CCCCCC)s5)s4)c4nsnc34)sc1-c1sc(-c3c(F)cc(-c4ccc(-c5ccc(CCCCCC)s5)s4)c4nsnc34)cc12. The second kappa shape index (κ2) is 23.3. The number of aromatic nitrogens is 4. The van der Waals surface area contributed by atoms with Crippen molar-refractivity contribution in [3.05, 3.63) is 106 Å². The average molecular weight is 1190 g/mol. The number of allylic oxidation sites excluding steroid dienone is 1. The Morgan fingerprint density at radius 2 is 0.857 bits per heavy atom. The van der Waals surface area contributed by atoms with E-state index in [0.717, 1.165) is 129 Å². The van der Waals surface area contributed by atoms with Gasteiger partial charge in [-0.2, -0.15) is 17.5 Å². The number of thiophene rings is 6. The maximum absolute atomic E-state index is 17.4. The van der Waals surface area contributed by atoms with Gasteiger partial charge in [0.05, 0.1) is 34.6 Å². The zero-order valence-corrected chi connectivity index (χ0v) is 51.9. The topological polar surface area (TPSA) is 51.6 Å². The van der Waals surface area contributed by atoms with E-state index >= 15 is 8.78 Å². The van der Waals surface area contributed by atoms with Crippen molar-refractivity contribution in [1.29, 1.82) is 0 Å². The van der Waals surface area contributed by atoms with Crippen LogP contribution in [-0.2, 0) is 12.8 Å². The molecular weight excluding hydrogens is 1120 g/mol. The van der Waals surface area contributed by atoms with E-state index in [0.29, 0.717) is 34.0 Å². The summed E-state index contributed by atoms with van der Waals surface area (Å²) in [4.78, 5) is 14.0. The monoisotopic (exact) mass is 1190 g/mol. The first-order chi connectivity index (χ1) is 37.7. The van der Waals surface area contributed by atoms with E-state index in [1.54, 1.807) is 57.5 Å². The lowest BCUT2D eigenvalue weighted by Crippen LogP contribution is -2.59. The maximum Gasteiger partial charge on any atom is 0.134 e. The minimum Gasteiger partial charge on any atom is -0.206 e. The molecule has 2 aromatic carbocycles. The van der Waals surface area contributed by atoms with Gasteiger partial charge in [0.15, 0.2) is 0 Å². The van der Waals surface area contributed by atoms with Crippen LogP contribution in [-0.4, -0.2) is 25.6 Å². The molecule has 10 aromatic rings. The maximum atomic E-state index is 17.4. The molecule has 2 aliphatic heterocycles. The Morgan fingerprint density at radius 3 is 1.30 bits per heavy atom. The fraction of sp³-hybridized carbons (Fsp3) is 0.387. The molecule has 0 saturated carbocycles. The smallest absolute Gasteiger partial charge is 0.134 e. The van der Waals surface area contributed by atoms with Crippen LogP contribution in [0.25, 0.3) is 93.1 Å². The molecular formula is C62H64F2N4S8Si. The third kappa shape index (κ3) is 10.2. The van der Waals surface area contributed by atoms with Gasteiger partial charge in [-0.05, 0) is 146 Å². The molecule has 4 nitrogen and oxygen atoms in total. The highest BCUT2D eigenvalue weighted by molar-refractivity contribution is 7.32. The molecule has 0 bridgehead atoms. The molecule has 0 radical (unpaired) electrons. The van der Waals surface area contributed by atoms with E-state index < -0.39 is 8.07 Å². The Morgan fingerprint density at radius 1 is 0.455 bits per heavy atom. The van der Waals surface area contributed by atoms with Gasteiger partial charge in [0.1, 0.15) is 41.8 Å². The molecule has 1 saturated heterocycles. The van der Waals surface area contributed by atoms with Gasteiger partial charge in [-0.25, -0.2) is 8.78 Å². The Balaban J connectivity index is 0.922. The van der Waals surface area contributed by atoms with Gasteiger partial charge in [-0.3, -0.25) is 0 Å². The van der Waals surface area contributed by atoms with Crippen molar-refractivity contribution in [1.82, 2.24) is 17.5 Å². The second-order valence-electron chi connectivity index (χ2n) is 21.4. The van der Waals surface area contributed by atoms with E-state index in [4.69, 9.17) is 24.1 Å². The number of unbranched alkanes of at least 4 members (excludes halogenated alkanes) is 8. The van der Waals surface area contributed by atoms with Crippen molar-refractivity contribution < 1.29 is 8.78 Å². The number of rotatable bonds is 22. The summed E-state index contributed by atoms with van der Waals surface area (Å²) < 4.78 is 54.3. The third-order valence-electron chi connectivity index (χ3n) is 16.3. The lowest BCUT2D eigenvalue weighted by atomic mass is 9.84. The number of hydrogen-bond donors (Lipinski definition) is 0. The van der Waals surface area contributed by atoms with E-state index in [1.165, 1.54) is 106 Å². The molecule has 398 valence electrons. The third-order valence-corrected chi connectivity index (χ3v) is 30.4. The van der Waals surface area contributed by atoms with Gasteiger partial charge < -0.3 is 0 Å². The zero-order valence-electron chi connectivity index (χ0n) is 44.3. The van der Waals surface area contributed by atoms with Crippen molar-refractivity contribution >= 4 is 132 Å². The minimum absolute atomic E-state index is 0.265. The van der Waals surface area contributed by atoms with Crippen LogP contribution >= 0.6 is 91.5 Å². The Labute approximate surface area is 485 Å². The van der Waals surface area contributed by atoms with E-state index in [1.807, 2.05) is 22.7 Å². The number of hydrogen-bond acceptors (Lipinski definition) is 12. The quantitative estimate of drug-likeness (QED) is 0.0385. The number of halogens is 2. The fourth-order valence-electron chi connectivity index (χ4n) is 12.3. The highest BCUT2D eigenvalue weighted by Crippen LogP contribution is 2.55. The first-order valence-corrected chi connectivity index (χ1v) is 36.7. The van der Waals surface area contributed by atoms with Crippen LogP contribution in [0.2, 0.25) is 12.1 Å². The summed E-state index contributed by atoms with van der Waals surface area (Å²) in [6.45, 7) is 14.0. The van der Waals surface area contributed by atoms with Gasteiger partial charge in [0.25, 0.3) is 0 Å². The largest absolute Gasteiger partial charge is 0.206 e. The van der Waals surface area contributed by atoms with E-state index in [-0.39, 0.29) is 11.6 Å². The Hall–Kier alpha value is -3.90. The number of aryl methyl sites for hydroxylation is 2. The minimum atomic E-state index is -2.54. The van der Waals surface area contributed by atoms with Gasteiger partial charge in [-0.1, -0.05) is 104 Å². The molecule has 1 spiro atoms. The highest BCUT2D eigenvalue weighted by Gasteiger charge is 2.54. The second-order valence-corrected chi connectivity index (χ2v) is 33.1. The lowest BCUT2D eigenvalue weighted by molar-refractivity contribution is 0.451. The number of nitrogens with zero attached hydrogens (tertiary/aromatic N) is 4. The zero-order chi connectivity index (χ0) is 52.8. The molecule has 77 heavy (non-hydrogen) atoms. The molecule has 2 aliphatic rings. The summed E-state index contributed by atoms with van der Waals surface area (Å²) >= 11 is 12.9. The van der Waals surface area contributed by atoms with Gasteiger partial charge in [0.2, 0.25) is 0 Å². The van der Waals surface area contributed by atoms with Crippen molar-refractivity contribution in [2.45, 2.75) is 143 Å². The standard InChI is InChI=1S/C62H64F2N4S8Si/c1-6-10-14-16-20-39-22-24-47(69-39)49-28-26-45(71-49)41-30-43(63)55(59-57(41)65-75-67-59)51-32-53-61(73-51)62-54(77(53)34-37(18-12-8-3)36(5)38(35-77)19-13-9-4)33-52(74-62)56-44(64)31-42(58-60(56)68-76-66-58)46-27-29-50(72-46)48-25-23-40(70-48)21-17-15-11-7-2/h22-33,37-38H,5-21,34-35H2,1-4H3. The van der Waals surface area contributed by atoms with E-state index in [9.17, 15) is 0 Å². The molecule has 1 fully saturated rings. The number of fused-ring (bicyclic) bond motifs is 7. The van der Waals surface area contributed by atoms with Crippen LogP contribution in [0.3, 0.4) is 0 Å². The van der Waals surface area contributed by atoms with Crippen molar-refractivity contribution in [3.63, 3.8) is 0 Å². The summed E-state index contributed by atoms with van der Waals surface area (Å²) in [5.74, 6) is 0.281. The molecule has 10 heterocycles. The van der Waals surface area contributed by atoms with Crippen LogP contribution < -0.4 is 10.4 Å². The summed E-state index contributed by atoms with van der Waals surface area (Å²) in [6.07, 6.45) is 19.1. The Bertz CT molecular complexity index is 3490. The first-order valence-electron chi connectivity index (χ1n) is 28.0. The molecule has 8 aromatic heterocycles. The summed E-state index contributed by atoms with van der Waals surface area (Å²) in [5, 5.41) is 2.84. The first kappa shape index (κ1) is 53.7. The molecule has 0 amide bonds. The molecule has 12 rings (SSSR count). The predicted octanol–water partition coefficient (Wildman–Crippen LogP) is 21.3. The van der Waals surface area contributed by atoms with Crippen LogP contribution in [0.4, 0.5) is 8.78 Å². The normalized spacial score (nSPS) is 16.0.